The van der Waals surface area contributed by atoms with Crippen molar-refractivity contribution < 1.29 is 19.1 Å². The Morgan fingerprint density at radius 3 is 2.04 bits per heavy atom. The van der Waals surface area contributed by atoms with Crippen LogP contribution in [0.4, 0.5) is 4.79 Å². The summed E-state index contributed by atoms with van der Waals surface area (Å²) in [6.45, 7) is 9.28. The van der Waals surface area contributed by atoms with E-state index in [4.69, 9.17) is 4.74 Å². The van der Waals surface area contributed by atoms with E-state index < -0.39 is 11.7 Å². The van der Waals surface area contributed by atoms with E-state index in [1.807, 2.05) is 13.8 Å². The van der Waals surface area contributed by atoms with Gasteiger partial charge in [0.2, 0.25) is 0 Å². The third kappa shape index (κ3) is 3.93. The summed E-state index contributed by atoms with van der Waals surface area (Å²) in [7, 11) is 0. The monoisotopic (exact) mass is 332 g/mol. The maximum absolute atomic E-state index is 12.4. The number of nitrogens with one attached hydrogen (secondary N) is 1. The van der Waals surface area contributed by atoms with Crippen molar-refractivity contribution >= 4 is 17.9 Å². The smallest absolute Gasteiger partial charge is 0.407 e. The summed E-state index contributed by atoms with van der Waals surface area (Å²) in [6.07, 6.45) is -0.558. The van der Waals surface area contributed by atoms with Crippen molar-refractivity contribution in [3.8, 4) is 0 Å². The zero-order valence-corrected chi connectivity index (χ0v) is 14.8. The molecule has 0 aromatic heterocycles. The van der Waals surface area contributed by atoms with E-state index in [0.29, 0.717) is 11.1 Å². The summed E-state index contributed by atoms with van der Waals surface area (Å²) < 4.78 is 5.26. The van der Waals surface area contributed by atoms with Crippen molar-refractivity contribution in [2.45, 2.75) is 46.3 Å². The molecular formula is C18H24N2O4. The Bertz CT molecular complexity index is 626. The molecule has 1 atom stereocenters. The molecule has 0 saturated heterocycles. The first-order chi connectivity index (χ1) is 11.1. The lowest BCUT2D eigenvalue weighted by Crippen LogP contribution is -2.49. The molecule has 130 valence electrons. The maximum Gasteiger partial charge on any atom is 0.407 e. The summed E-state index contributed by atoms with van der Waals surface area (Å²) in [5.74, 6) is -0.624. The molecule has 0 bridgehead atoms. The number of carbonyl (C=O) groups excluding carboxylic acids is 3. The Hall–Kier alpha value is -2.37. The molecule has 1 N–H and O–H groups in total. The average molecular weight is 332 g/mol. The van der Waals surface area contributed by atoms with Crippen molar-refractivity contribution in [1.82, 2.24) is 10.2 Å². The number of hydrogen-bond acceptors (Lipinski definition) is 4. The van der Waals surface area contributed by atoms with Crippen LogP contribution in [0.15, 0.2) is 24.3 Å². The molecule has 6 heteroatoms. The Morgan fingerprint density at radius 1 is 1.12 bits per heavy atom. The van der Waals surface area contributed by atoms with Gasteiger partial charge in [0.25, 0.3) is 11.8 Å². The maximum atomic E-state index is 12.4. The molecular weight excluding hydrogens is 308 g/mol. The molecule has 1 heterocycles. The van der Waals surface area contributed by atoms with E-state index >= 15 is 0 Å². The van der Waals surface area contributed by atoms with Gasteiger partial charge in [0, 0.05) is 6.54 Å². The third-order valence-corrected chi connectivity index (χ3v) is 3.76. The first-order valence-corrected chi connectivity index (χ1v) is 8.05. The largest absolute Gasteiger partial charge is 0.444 e. The summed E-state index contributed by atoms with van der Waals surface area (Å²) in [5, 5.41) is 2.76. The second kappa shape index (κ2) is 6.63. The van der Waals surface area contributed by atoms with Crippen molar-refractivity contribution in [2.75, 3.05) is 6.54 Å². The Kier molecular flexibility index (Phi) is 4.96. The number of amides is 3. The van der Waals surface area contributed by atoms with Gasteiger partial charge in [-0.2, -0.15) is 0 Å². The Balaban J connectivity index is 2.11. The minimum Gasteiger partial charge on any atom is -0.444 e. The molecule has 0 unspecified atom stereocenters. The molecule has 0 radical (unpaired) electrons. The van der Waals surface area contributed by atoms with Crippen LogP contribution in [0, 0.1) is 5.92 Å². The molecule has 1 aliphatic heterocycles. The van der Waals surface area contributed by atoms with Gasteiger partial charge in [0.1, 0.15) is 5.60 Å². The fraction of sp³-hybridized carbons (Fsp3) is 0.500. The predicted octanol–water partition coefficient (Wildman–Crippen LogP) is 2.83. The number of hydrogen-bond donors (Lipinski definition) is 1. The van der Waals surface area contributed by atoms with Crippen LogP contribution in [0.1, 0.15) is 55.3 Å². The fourth-order valence-electron chi connectivity index (χ4n) is 2.48. The average Bonchev–Trinajstić information content (AvgIpc) is 2.70. The van der Waals surface area contributed by atoms with Gasteiger partial charge >= 0.3 is 6.09 Å². The first-order valence-electron chi connectivity index (χ1n) is 8.05. The molecule has 0 fully saturated rings. The number of carbonyl (C=O) groups is 3. The molecule has 2 rings (SSSR count). The Labute approximate surface area is 142 Å². The lowest BCUT2D eigenvalue weighted by atomic mass is 10.0. The van der Waals surface area contributed by atoms with Gasteiger partial charge < -0.3 is 10.1 Å². The van der Waals surface area contributed by atoms with Gasteiger partial charge in [-0.1, -0.05) is 26.0 Å². The molecule has 0 spiro atoms. The van der Waals surface area contributed by atoms with Gasteiger partial charge in [-0.05, 0) is 38.8 Å². The number of rotatable bonds is 4. The first kappa shape index (κ1) is 18.0. The van der Waals surface area contributed by atoms with E-state index in [-0.39, 0.29) is 30.3 Å². The highest BCUT2D eigenvalue weighted by atomic mass is 16.6. The van der Waals surface area contributed by atoms with Crippen molar-refractivity contribution in [3.05, 3.63) is 35.4 Å². The van der Waals surface area contributed by atoms with E-state index in [9.17, 15) is 14.4 Å². The normalized spacial score (nSPS) is 15.5. The molecule has 0 aliphatic carbocycles. The SMILES string of the molecule is CC(C)[C@H](CN1C(=O)c2ccccc2C1=O)NC(=O)OC(C)(C)C. The van der Waals surface area contributed by atoms with Crippen LogP contribution in [0.2, 0.25) is 0 Å². The van der Waals surface area contributed by atoms with Crippen molar-refractivity contribution in [3.63, 3.8) is 0 Å². The standard InChI is InChI=1S/C18H24N2O4/c1-11(2)14(19-17(23)24-18(3,4)5)10-20-15(21)12-8-6-7-9-13(12)16(20)22/h6-9,11,14H,10H2,1-5H3,(H,19,23)/t14-/m0/s1. The molecule has 1 aromatic carbocycles. The number of alkyl carbamates (subject to hydrolysis) is 1. The zero-order valence-electron chi connectivity index (χ0n) is 14.8. The third-order valence-electron chi connectivity index (χ3n) is 3.76. The molecule has 1 aromatic rings. The number of nitrogens with zero attached hydrogens (tertiary/aromatic N) is 1. The Morgan fingerprint density at radius 2 is 1.62 bits per heavy atom. The predicted molar refractivity (Wildman–Crippen MR) is 89.8 cm³/mol. The van der Waals surface area contributed by atoms with E-state index in [2.05, 4.69) is 5.32 Å². The van der Waals surface area contributed by atoms with E-state index in [1.54, 1.807) is 45.0 Å². The van der Waals surface area contributed by atoms with Gasteiger partial charge in [0.05, 0.1) is 17.2 Å². The van der Waals surface area contributed by atoms with Gasteiger partial charge in [-0.25, -0.2) is 4.79 Å². The van der Waals surface area contributed by atoms with Crippen LogP contribution >= 0.6 is 0 Å². The minimum atomic E-state index is -0.610. The molecule has 6 nitrogen and oxygen atoms in total. The minimum absolute atomic E-state index is 0.0295. The quantitative estimate of drug-likeness (QED) is 0.860. The zero-order chi connectivity index (χ0) is 18.1. The highest BCUT2D eigenvalue weighted by Gasteiger charge is 2.37. The number of benzene rings is 1. The van der Waals surface area contributed by atoms with Crippen LogP contribution < -0.4 is 5.32 Å². The van der Waals surface area contributed by atoms with Crippen molar-refractivity contribution in [1.29, 1.82) is 0 Å². The van der Waals surface area contributed by atoms with Crippen LogP contribution in [-0.4, -0.2) is 41.0 Å². The fourth-order valence-corrected chi connectivity index (χ4v) is 2.48. The lowest BCUT2D eigenvalue weighted by molar-refractivity contribution is 0.0448. The lowest BCUT2D eigenvalue weighted by Gasteiger charge is -2.28. The van der Waals surface area contributed by atoms with Crippen molar-refractivity contribution in [2.24, 2.45) is 5.92 Å². The van der Waals surface area contributed by atoms with Crippen LogP contribution in [0.25, 0.3) is 0 Å². The molecule has 24 heavy (non-hydrogen) atoms. The van der Waals surface area contributed by atoms with E-state index in [0.717, 1.165) is 0 Å². The summed E-state index contributed by atoms with van der Waals surface area (Å²) in [4.78, 5) is 38.1. The number of imide groups is 1. The second-order valence-electron chi connectivity index (χ2n) is 7.26. The van der Waals surface area contributed by atoms with E-state index in [1.165, 1.54) is 4.90 Å². The highest BCUT2D eigenvalue weighted by Crippen LogP contribution is 2.23. The number of fused-ring (bicyclic) bond motifs is 1. The van der Waals surface area contributed by atoms with Gasteiger partial charge in [-0.15, -0.1) is 0 Å². The highest BCUT2D eigenvalue weighted by molar-refractivity contribution is 6.21. The van der Waals surface area contributed by atoms with Gasteiger partial charge in [-0.3, -0.25) is 14.5 Å². The topological polar surface area (TPSA) is 75.7 Å². The summed E-state index contributed by atoms with van der Waals surface area (Å²) in [5.41, 5.74) is 0.200. The molecule has 3 amide bonds. The molecule has 1 aliphatic rings. The summed E-state index contributed by atoms with van der Waals surface area (Å²) >= 11 is 0. The van der Waals surface area contributed by atoms with Crippen LogP contribution in [0.5, 0.6) is 0 Å². The van der Waals surface area contributed by atoms with Crippen LogP contribution in [0.3, 0.4) is 0 Å². The second-order valence-corrected chi connectivity index (χ2v) is 7.26. The van der Waals surface area contributed by atoms with Crippen LogP contribution in [-0.2, 0) is 4.74 Å². The number of ether oxygens (including phenoxy) is 1. The summed E-state index contributed by atoms with van der Waals surface area (Å²) in [6, 6.07) is 6.35. The van der Waals surface area contributed by atoms with Gasteiger partial charge in [0.15, 0.2) is 0 Å². The molecule has 0 saturated carbocycles.